The van der Waals surface area contributed by atoms with Gasteiger partial charge in [0.15, 0.2) is 5.76 Å². The molecule has 1 amide bonds. The van der Waals surface area contributed by atoms with E-state index in [-0.39, 0.29) is 5.91 Å². The third-order valence-electron chi connectivity index (χ3n) is 2.05. The highest BCUT2D eigenvalue weighted by Crippen LogP contribution is 2.22. The van der Waals surface area contributed by atoms with Crippen LogP contribution < -0.4 is 5.32 Å². The molecule has 0 aliphatic heterocycles. The van der Waals surface area contributed by atoms with Crippen molar-refractivity contribution in [2.24, 2.45) is 0 Å². The summed E-state index contributed by atoms with van der Waals surface area (Å²) in [6, 6.07) is 9.51. The second kappa shape index (κ2) is 3.61. The summed E-state index contributed by atoms with van der Waals surface area (Å²) in [4.78, 5) is 10.8. The summed E-state index contributed by atoms with van der Waals surface area (Å²) in [5, 5.41) is 3.59. The Balaban J connectivity index is 2.36. The Morgan fingerprint density at radius 2 is 2.13 bits per heavy atom. The number of furan rings is 1. The van der Waals surface area contributed by atoms with Gasteiger partial charge in [0.1, 0.15) is 5.58 Å². The number of carbonyl (C=O) groups is 1. The van der Waals surface area contributed by atoms with E-state index < -0.39 is 0 Å². The van der Waals surface area contributed by atoms with E-state index in [9.17, 15) is 4.79 Å². The number of hydrogen-bond donors (Lipinski definition) is 1. The molecule has 0 bridgehead atoms. The van der Waals surface area contributed by atoms with Gasteiger partial charge in [-0.05, 0) is 12.1 Å². The Labute approximate surface area is 87.4 Å². The summed E-state index contributed by atoms with van der Waals surface area (Å²) in [6.07, 6.45) is 0. The molecule has 76 valence electrons. The molecule has 1 aromatic carbocycles. The summed E-state index contributed by atoms with van der Waals surface area (Å²) in [5.74, 6) is 0.437. The van der Waals surface area contributed by atoms with E-state index in [0.29, 0.717) is 11.5 Å². The highest BCUT2D eigenvalue weighted by molar-refractivity contribution is 5.86. The number of hydrogen-bond acceptors (Lipinski definition) is 2. The van der Waals surface area contributed by atoms with Crippen LogP contribution in [0, 0.1) is 0 Å². The fourth-order valence-corrected chi connectivity index (χ4v) is 1.40. The molecule has 0 aliphatic carbocycles. The van der Waals surface area contributed by atoms with Crippen molar-refractivity contribution in [2.75, 3.05) is 0 Å². The van der Waals surface area contributed by atoms with Crippen molar-refractivity contribution >= 4 is 22.6 Å². The Kier molecular flexibility index (Phi) is 2.29. The highest BCUT2D eigenvalue weighted by Gasteiger charge is 2.07. The summed E-state index contributed by atoms with van der Waals surface area (Å²) in [6.45, 7) is 5.17. The molecule has 0 unspecified atom stereocenters. The molecule has 0 atom stereocenters. The summed E-state index contributed by atoms with van der Waals surface area (Å²) in [7, 11) is 0. The Hall–Kier alpha value is -2.03. The summed E-state index contributed by atoms with van der Waals surface area (Å²) < 4.78 is 5.52. The number of para-hydroxylation sites is 1. The molecule has 1 aromatic heterocycles. The van der Waals surface area contributed by atoms with Crippen LogP contribution >= 0.6 is 0 Å². The minimum atomic E-state index is -0.152. The van der Waals surface area contributed by atoms with E-state index in [1.165, 1.54) is 6.92 Å². The summed E-state index contributed by atoms with van der Waals surface area (Å²) in [5.41, 5.74) is 1.28. The Morgan fingerprint density at radius 3 is 2.80 bits per heavy atom. The monoisotopic (exact) mass is 201 g/mol. The SMILES string of the molecule is C=C(NC(C)=O)c1cc2ccccc2o1. The maximum absolute atomic E-state index is 10.8. The van der Waals surface area contributed by atoms with Crippen LogP contribution in [-0.4, -0.2) is 5.91 Å². The van der Waals surface area contributed by atoms with Gasteiger partial charge in [-0.3, -0.25) is 4.79 Å². The standard InChI is InChI=1S/C12H11NO2/c1-8(13-9(2)14)12-7-10-5-3-4-6-11(10)15-12/h3-7H,1H2,2H3,(H,13,14). The van der Waals surface area contributed by atoms with Gasteiger partial charge in [0.2, 0.25) is 5.91 Å². The fraction of sp³-hybridized carbons (Fsp3) is 0.0833. The molecule has 1 N–H and O–H groups in total. The van der Waals surface area contributed by atoms with Crippen molar-refractivity contribution in [3.63, 3.8) is 0 Å². The van der Waals surface area contributed by atoms with Crippen LogP contribution in [-0.2, 0) is 4.79 Å². The smallest absolute Gasteiger partial charge is 0.221 e. The maximum atomic E-state index is 10.8. The predicted octanol–water partition coefficient (Wildman–Crippen LogP) is 2.54. The van der Waals surface area contributed by atoms with Crippen LogP contribution in [0.25, 0.3) is 16.7 Å². The third-order valence-corrected chi connectivity index (χ3v) is 2.05. The largest absolute Gasteiger partial charge is 0.455 e. The van der Waals surface area contributed by atoms with E-state index >= 15 is 0 Å². The van der Waals surface area contributed by atoms with Gasteiger partial charge in [0.05, 0.1) is 5.70 Å². The molecule has 0 radical (unpaired) electrons. The molecule has 0 spiro atoms. The first-order chi connectivity index (χ1) is 7.16. The van der Waals surface area contributed by atoms with E-state index in [1.54, 1.807) is 0 Å². The van der Waals surface area contributed by atoms with Gasteiger partial charge in [-0.25, -0.2) is 0 Å². The zero-order chi connectivity index (χ0) is 10.8. The van der Waals surface area contributed by atoms with Crippen molar-refractivity contribution in [3.8, 4) is 0 Å². The minimum Gasteiger partial charge on any atom is -0.455 e. The first-order valence-electron chi connectivity index (χ1n) is 4.62. The molecule has 0 fully saturated rings. The second-order valence-corrected chi connectivity index (χ2v) is 3.31. The maximum Gasteiger partial charge on any atom is 0.221 e. The first kappa shape index (κ1) is 9.52. The van der Waals surface area contributed by atoms with Crippen molar-refractivity contribution in [2.45, 2.75) is 6.92 Å². The molecular weight excluding hydrogens is 190 g/mol. The van der Waals surface area contributed by atoms with E-state index in [4.69, 9.17) is 4.42 Å². The fourth-order valence-electron chi connectivity index (χ4n) is 1.40. The van der Waals surface area contributed by atoms with Crippen LogP contribution in [0.4, 0.5) is 0 Å². The zero-order valence-corrected chi connectivity index (χ0v) is 8.41. The number of amides is 1. The molecule has 0 aliphatic rings. The van der Waals surface area contributed by atoms with Crippen LogP contribution in [0.2, 0.25) is 0 Å². The average Bonchev–Trinajstić information content (AvgIpc) is 2.59. The van der Waals surface area contributed by atoms with Crippen molar-refractivity contribution in [1.29, 1.82) is 0 Å². The van der Waals surface area contributed by atoms with Gasteiger partial charge >= 0.3 is 0 Å². The van der Waals surface area contributed by atoms with Gasteiger partial charge in [0.25, 0.3) is 0 Å². The van der Waals surface area contributed by atoms with Gasteiger partial charge in [0, 0.05) is 12.3 Å². The van der Waals surface area contributed by atoms with Crippen molar-refractivity contribution < 1.29 is 9.21 Å². The quantitative estimate of drug-likeness (QED) is 0.811. The third kappa shape index (κ3) is 1.91. The number of carbonyl (C=O) groups excluding carboxylic acids is 1. The molecule has 2 rings (SSSR count). The predicted molar refractivity (Wildman–Crippen MR) is 59.1 cm³/mol. The lowest BCUT2D eigenvalue weighted by Crippen LogP contribution is -2.16. The molecule has 15 heavy (non-hydrogen) atoms. The Bertz CT molecular complexity index is 492. The van der Waals surface area contributed by atoms with Crippen LogP contribution in [0.3, 0.4) is 0 Å². The van der Waals surface area contributed by atoms with Crippen molar-refractivity contribution in [3.05, 3.63) is 42.7 Å². The highest BCUT2D eigenvalue weighted by atomic mass is 16.3. The van der Waals surface area contributed by atoms with E-state index in [1.807, 2.05) is 30.3 Å². The lowest BCUT2D eigenvalue weighted by molar-refractivity contribution is -0.117. The average molecular weight is 201 g/mol. The van der Waals surface area contributed by atoms with Gasteiger partial charge in [-0.1, -0.05) is 24.8 Å². The second-order valence-electron chi connectivity index (χ2n) is 3.31. The van der Waals surface area contributed by atoms with E-state index in [0.717, 1.165) is 11.0 Å². The molecular formula is C12H11NO2. The lowest BCUT2D eigenvalue weighted by Gasteiger charge is -2.00. The van der Waals surface area contributed by atoms with Crippen LogP contribution in [0.5, 0.6) is 0 Å². The van der Waals surface area contributed by atoms with Crippen LogP contribution in [0.15, 0.2) is 41.3 Å². The number of benzene rings is 1. The van der Waals surface area contributed by atoms with Gasteiger partial charge < -0.3 is 9.73 Å². The topological polar surface area (TPSA) is 42.2 Å². The first-order valence-corrected chi connectivity index (χ1v) is 4.62. The molecule has 1 heterocycles. The minimum absolute atomic E-state index is 0.152. The Morgan fingerprint density at radius 1 is 1.40 bits per heavy atom. The van der Waals surface area contributed by atoms with E-state index in [2.05, 4.69) is 11.9 Å². The summed E-state index contributed by atoms with van der Waals surface area (Å²) >= 11 is 0. The van der Waals surface area contributed by atoms with Crippen LogP contribution in [0.1, 0.15) is 12.7 Å². The lowest BCUT2D eigenvalue weighted by atomic mass is 10.2. The zero-order valence-electron chi connectivity index (χ0n) is 8.41. The number of rotatable bonds is 2. The molecule has 3 heteroatoms. The molecule has 0 saturated heterocycles. The van der Waals surface area contributed by atoms with Gasteiger partial charge in [-0.15, -0.1) is 0 Å². The van der Waals surface area contributed by atoms with Crippen molar-refractivity contribution in [1.82, 2.24) is 5.32 Å². The number of nitrogens with one attached hydrogen (secondary N) is 1. The van der Waals surface area contributed by atoms with Gasteiger partial charge in [-0.2, -0.15) is 0 Å². The molecule has 0 saturated carbocycles. The number of fused-ring (bicyclic) bond motifs is 1. The molecule has 3 nitrogen and oxygen atoms in total. The normalized spacial score (nSPS) is 10.2. The molecule has 2 aromatic rings.